The molecule has 10 heteroatoms. The van der Waals surface area contributed by atoms with Gasteiger partial charge in [-0.1, -0.05) is 12.1 Å². The number of rotatable bonds is 6. The van der Waals surface area contributed by atoms with E-state index in [-0.39, 0.29) is 17.2 Å². The van der Waals surface area contributed by atoms with Gasteiger partial charge in [-0.05, 0) is 19.1 Å². The van der Waals surface area contributed by atoms with Crippen molar-refractivity contribution in [1.29, 1.82) is 0 Å². The minimum Gasteiger partial charge on any atom is -0.475 e. The summed E-state index contributed by atoms with van der Waals surface area (Å²) in [6, 6.07) is 6.02. The Hall–Kier alpha value is -2.62. The van der Waals surface area contributed by atoms with Gasteiger partial charge >= 0.3 is 12.6 Å². The van der Waals surface area contributed by atoms with E-state index >= 15 is 0 Å². The summed E-state index contributed by atoms with van der Waals surface area (Å²) in [5.74, 6) is -2.51. The van der Waals surface area contributed by atoms with E-state index in [2.05, 4.69) is 9.46 Å². The maximum Gasteiger partial charge on any atom is 0.387 e. The molecule has 0 saturated carbocycles. The zero-order valence-electron chi connectivity index (χ0n) is 11.6. The first-order chi connectivity index (χ1) is 10.7. The van der Waals surface area contributed by atoms with E-state index in [9.17, 15) is 22.0 Å². The minimum absolute atomic E-state index is 0.151. The Morgan fingerprint density at radius 1 is 1.35 bits per heavy atom. The van der Waals surface area contributed by atoms with E-state index < -0.39 is 33.3 Å². The Morgan fingerprint density at radius 3 is 2.57 bits per heavy atom. The molecule has 0 aliphatic rings. The van der Waals surface area contributed by atoms with E-state index in [1.807, 2.05) is 0 Å². The Balaban J connectivity index is 2.38. The summed E-state index contributed by atoms with van der Waals surface area (Å²) in [7, 11) is -4.25. The van der Waals surface area contributed by atoms with Gasteiger partial charge in [0, 0.05) is 6.07 Å². The molecular weight excluding hydrogens is 336 g/mol. The van der Waals surface area contributed by atoms with Gasteiger partial charge in [0.15, 0.2) is 0 Å². The van der Waals surface area contributed by atoms with Crippen LogP contribution in [0.25, 0.3) is 0 Å². The lowest BCUT2D eigenvalue weighted by atomic mass is 10.3. The fraction of sp³-hybridized carbons (Fsp3) is 0.154. The number of para-hydroxylation sites is 2. The number of furan rings is 1. The molecule has 0 amide bonds. The van der Waals surface area contributed by atoms with Gasteiger partial charge in [-0.15, -0.1) is 0 Å². The van der Waals surface area contributed by atoms with Gasteiger partial charge < -0.3 is 14.3 Å². The number of hydrogen-bond donors (Lipinski definition) is 2. The van der Waals surface area contributed by atoms with Crippen LogP contribution in [-0.4, -0.2) is 26.1 Å². The van der Waals surface area contributed by atoms with E-state index in [1.165, 1.54) is 25.1 Å². The number of alkyl halides is 2. The Morgan fingerprint density at radius 2 is 2.00 bits per heavy atom. The molecule has 0 aliphatic carbocycles. The van der Waals surface area contributed by atoms with Crippen LogP contribution in [-0.2, 0) is 10.0 Å². The Bertz CT molecular complexity index is 831. The van der Waals surface area contributed by atoms with Crippen LogP contribution < -0.4 is 9.46 Å². The lowest BCUT2D eigenvalue weighted by Gasteiger charge is -2.12. The summed E-state index contributed by atoms with van der Waals surface area (Å²) in [6.45, 7) is -1.86. The Kier molecular flexibility index (Phi) is 4.55. The molecule has 7 nitrogen and oxygen atoms in total. The topological polar surface area (TPSA) is 106 Å². The number of aryl methyl sites for hydroxylation is 1. The van der Waals surface area contributed by atoms with Crippen LogP contribution in [0.4, 0.5) is 14.5 Å². The molecule has 1 aromatic carbocycles. The van der Waals surface area contributed by atoms with Crippen molar-refractivity contribution in [2.75, 3.05) is 4.72 Å². The standard InChI is InChI=1S/C13H11F2NO6S/c1-7-11(6-10(21-7)12(17)18)23(19,20)16-8-4-2-3-5-9(8)22-13(14)15/h2-6,13,16H,1H3,(H,17,18). The van der Waals surface area contributed by atoms with Crippen molar-refractivity contribution in [2.45, 2.75) is 18.4 Å². The highest BCUT2D eigenvalue weighted by atomic mass is 32.2. The first-order valence-electron chi connectivity index (χ1n) is 6.11. The highest BCUT2D eigenvalue weighted by Crippen LogP contribution is 2.29. The van der Waals surface area contributed by atoms with Crippen LogP contribution in [0.2, 0.25) is 0 Å². The molecule has 2 aromatic rings. The van der Waals surface area contributed by atoms with Gasteiger partial charge in [0.25, 0.3) is 10.0 Å². The van der Waals surface area contributed by atoms with Crippen LogP contribution in [0.15, 0.2) is 39.6 Å². The number of nitrogens with one attached hydrogen (secondary N) is 1. The van der Waals surface area contributed by atoms with Gasteiger partial charge in [0.2, 0.25) is 5.76 Å². The number of carbonyl (C=O) groups is 1. The van der Waals surface area contributed by atoms with E-state index in [4.69, 9.17) is 9.52 Å². The number of ether oxygens (including phenoxy) is 1. The molecule has 0 bridgehead atoms. The molecule has 1 heterocycles. The lowest BCUT2D eigenvalue weighted by molar-refractivity contribution is -0.0493. The molecule has 0 aliphatic heterocycles. The molecule has 2 N–H and O–H groups in total. The highest BCUT2D eigenvalue weighted by Gasteiger charge is 2.25. The number of sulfonamides is 1. The average molecular weight is 347 g/mol. The first-order valence-corrected chi connectivity index (χ1v) is 7.59. The predicted octanol–water partition coefficient (Wildman–Crippen LogP) is 2.69. The minimum atomic E-state index is -4.25. The number of carboxylic acids is 1. The summed E-state index contributed by atoms with van der Waals surface area (Å²) >= 11 is 0. The van der Waals surface area contributed by atoms with E-state index in [0.717, 1.165) is 12.1 Å². The van der Waals surface area contributed by atoms with Crippen LogP contribution in [0.5, 0.6) is 5.75 Å². The maximum absolute atomic E-state index is 12.3. The van der Waals surface area contributed by atoms with Crippen LogP contribution in [0.3, 0.4) is 0 Å². The number of aromatic carboxylic acids is 1. The third-order valence-corrected chi connectivity index (χ3v) is 4.19. The van der Waals surface area contributed by atoms with E-state index in [1.54, 1.807) is 0 Å². The second-order valence-electron chi connectivity index (χ2n) is 4.32. The number of halogens is 2. The summed E-state index contributed by atoms with van der Waals surface area (Å²) in [6.07, 6.45) is 0. The van der Waals surface area contributed by atoms with Crippen molar-refractivity contribution in [3.05, 3.63) is 41.9 Å². The SMILES string of the molecule is Cc1oc(C(=O)O)cc1S(=O)(=O)Nc1ccccc1OC(F)F. The van der Waals surface area contributed by atoms with Gasteiger partial charge in [0.05, 0.1) is 5.69 Å². The predicted molar refractivity (Wildman–Crippen MR) is 74.3 cm³/mol. The quantitative estimate of drug-likeness (QED) is 0.832. The largest absolute Gasteiger partial charge is 0.475 e. The molecule has 0 unspecified atom stereocenters. The van der Waals surface area contributed by atoms with Gasteiger partial charge in [-0.25, -0.2) is 13.2 Å². The highest BCUT2D eigenvalue weighted by molar-refractivity contribution is 7.92. The normalized spacial score (nSPS) is 11.5. The summed E-state index contributed by atoms with van der Waals surface area (Å²) in [5.41, 5.74) is -0.217. The molecule has 2 rings (SSSR count). The average Bonchev–Trinajstić information content (AvgIpc) is 2.83. The molecule has 0 radical (unpaired) electrons. The number of hydrogen-bond acceptors (Lipinski definition) is 5. The third-order valence-electron chi connectivity index (χ3n) is 2.72. The van der Waals surface area contributed by atoms with Gasteiger partial charge in [0.1, 0.15) is 16.4 Å². The molecule has 0 saturated heterocycles. The van der Waals surface area contributed by atoms with Crippen molar-refractivity contribution in [3.63, 3.8) is 0 Å². The lowest BCUT2D eigenvalue weighted by Crippen LogP contribution is -2.15. The molecule has 1 aromatic heterocycles. The fourth-order valence-electron chi connectivity index (χ4n) is 1.79. The van der Waals surface area contributed by atoms with Crippen LogP contribution in [0.1, 0.15) is 16.3 Å². The summed E-state index contributed by atoms with van der Waals surface area (Å²) in [4.78, 5) is 10.4. The second kappa shape index (κ2) is 6.24. The van der Waals surface area contributed by atoms with Gasteiger partial charge in [-0.3, -0.25) is 4.72 Å². The molecular formula is C13H11F2NO6S. The summed E-state index contributed by atoms with van der Waals surface area (Å²) < 4.78 is 60.4. The number of anilines is 1. The Labute approximate surface area is 129 Å². The molecule has 0 fully saturated rings. The molecule has 124 valence electrons. The zero-order chi connectivity index (χ0) is 17.2. The van der Waals surface area contributed by atoms with Crippen molar-refractivity contribution in [2.24, 2.45) is 0 Å². The van der Waals surface area contributed by atoms with Crippen LogP contribution >= 0.6 is 0 Å². The molecule has 23 heavy (non-hydrogen) atoms. The van der Waals surface area contributed by atoms with Crippen molar-refractivity contribution >= 4 is 21.7 Å². The third kappa shape index (κ3) is 3.77. The maximum atomic E-state index is 12.3. The van der Waals surface area contributed by atoms with Gasteiger partial charge in [-0.2, -0.15) is 8.78 Å². The fourth-order valence-corrected chi connectivity index (χ4v) is 3.04. The smallest absolute Gasteiger partial charge is 0.387 e. The number of carboxylic acid groups (broad SMARTS) is 1. The molecule has 0 spiro atoms. The number of benzene rings is 1. The van der Waals surface area contributed by atoms with Crippen molar-refractivity contribution in [3.8, 4) is 5.75 Å². The van der Waals surface area contributed by atoms with Crippen LogP contribution in [0, 0.1) is 6.92 Å². The van der Waals surface area contributed by atoms with Crippen molar-refractivity contribution in [1.82, 2.24) is 0 Å². The van der Waals surface area contributed by atoms with Crippen molar-refractivity contribution < 1.29 is 36.3 Å². The summed E-state index contributed by atoms with van der Waals surface area (Å²) in [5, 5.41) is 8.81. The zero-order valence-corrected chi connectivity index (χ0v) is 12.4. The second-order valence-corrected chi connectivity index (χ2v) is 5.97. The monoisotopic (exact) mass is 347 g/mol. The van der Waals surface area contributed by atoms with E-state index in [0.29, 0.717) is 0 Å². The molecule has 0 atom stereocenters. The first kappa shape index (κ1) is 16.7.